The minimum Gasteiger partial charge on any atom is -0.497 e. The molecule has 0 heterocycles. The van der Waals surface area contributed by atoms with E-state index >= 15 is 0 Å². The Morgan fingerprint density at radius 2 is 1.76 bits per heavy atom. The van der Waals surface area contributed by atoms with Crippen LogP contribution in [-0.4, -0.2) is 26.1 Å². The van der Waals surface area contributed by atoms with E-state index < -0.39 is 23.5 Å². The minimum absolute atomic E-state index is 0.0840. The molecule has 0 fully saturated rings. The summed E-state index contributed by atoms with van der Waals surface area (Å²) in [4.78, 5) is 23.8. The number of nitrogens with one attached hydrogen (secondary N) is 1. The van der Waals surface area contributed by atoms with Crippen molar-refractivity contribution in [3.8, 4) is 5.75 Å². The van der Waals surface area contributed by atoms with Crippen LogP contribution in [0.15, 0.2) is 42.5 Å². The second-order valence-electron chi connectivity index (χ2n) is 4.86. The molecule has 0 unspecified atom stereocenters. The molecule has 0 bridgehead atoms. The quantitative estimate of drug-likeness (QED) is 0.665. The molecular weight excluding hydrogens is 332 g/mol. The van der Waals surface area contributed by atoms with Gasteiger partial charge in [0.05, 0.1) is 25.5 Å². The van der Waals surface area contributed by atoms with Gasteiger partial charge in [0, 0.05) is 11.6 Å². The second kappa shape index (κ2) is 8.05. The summed E-state index contributed by atoms with van der Waals surface area (Å²) in [5, 5.41) is 2.46. The molecule has 0 aliphatic heterocycles. The highest BCUT2D eigenvalue weighted by Gasteiger charge is 2.15. The predicted octanol–water partition coefficient (Wildman–Crippen LogP) is 3.41. The van der Waals surface area contributed by atoms with Crippen LogP contribution in [0.3, 0.4) is 0 Å². The molecule has 0 radical (unpaired) electrons. The predicted molar refractivity (Wildman–Crippen MR) is 88.4 cm³/mol. The number of carbonyl (C=O) groups is 2. The summed E-state index contributed by atoms with van der Waals surface area (Å²) in [6.07, 6.45) is 1.98. The molecule has 0 saturated heterocycles. The Kier molecular flexibility index (Phi) is 5.84. The number of hydrogen-bond acceptors (Lipinski definition) is 4. The summed E-state index contributed by atoms with van der Waals surface area (Å²) in [5.74, 6) is -2.51. The fourth-order valence-corrected chi connectivity index (χ4v) is 2.04. The number of carbonyl (C=O) groups excluding carboxylic acids is 2. The molecule has 7 heteroatoms. The van der Waals surface area contributed by atoms with Crippen molar-refractivity contribution >= 4 is 23.6 Å². The Balaban J connectivity index is 2.23. The molecule has 0 aliphatic carbocycles. The van der Waals surface area contributed by atoms with E-state index in [9.17, 15) is 18.4 Å². The fraction of sp³-hybridized carbons (Fsp3) is 0.111. The van der Waals surface area contributed by atoms with Crippen molar-refractivity contribution in [1.82, 2.24) is 0 Å². The van der Waals surface area contributed by atoms with Crippen molar-refractivity contribution in [2.75, 3.05) is 19.5 Å². The summed E-state index contributed by atoms with van der Waals surface area (Å²) < 4.78 is 36.7. The maximum absolute atomic E-state index is 13.5. The highest BCUT2D eigenvalue weighted by Crippen LogP contribution is 2.23. The largest absolute Gasteiger partial charge is 0.497 e. The lowest BCUT2D eigenvalue weighted by molar-refractivity contribution is -0.111. The third-order valence-corrected chi connectivity index (χ3v) is 3.29. The van der Waals surface area contributed by atoms with Gasteiger partial charge in [-0.15, -0.1) is 0 Å². The molecule has 0 aromatic heterocycles. The Hall–Kier alpha value is -3.22. The van der Waals surface area contributed by atoms with Gasteiger partial charge in [0.25, 0.3) is 0 Å². The van der Waals surface area contributed by atoms with Gasteiger partial charge in [-0.05, 0) is 36.4 Å². The molecule has 5 nitrogen and oxygen atoms in total. The van der Waals surface area contributed by atoms with Crippen molar-refractivity contribution < 1.29 is 27.8 Å². The number of ether oxygens (including phenoxy) is 2. The molecule has 0 aliphatic rings. The number of rotatable bonds is 5. The van der Waals surface area contributed by atoms with Crippen LogP contribution < -0.4 is 10.1 Å². The van der Waals surface area contributed by atoms with Crippen LogP contribution in [0, 0.1) is 11.6 Å². The van der Waals surface area contributed by atoms with Gasteiger partial charge in [0.2, 0.25) is 5.91 Å². The summed E-state index contributed by atoms with van der Waals surface area (Å²) >= 11 is 0. The molecule has 0 saturated carbocycles. The van der Waals surface area contributed by atoms with Crippen LogP contribution in [0.2, 0.25) is 0 Å². The number of hydrogen-bond donors (Lipinski definition) is 1. The first-order chi connectivity index (χ1) is 12.0. The lowest BCUT2D eigenvalue weighted by Crippen LogP contribution is -2.13. The van der Waals surface area contributed by atoms with Gasteiger partial charge in [-0.25, -0.2) is 13.6 Å². The number of amides is 1. The molecule has 2 aromatic carbocycles. The monoisotopic (exact) mass is 347 g/mol. The molecule has 25 heavy (non-hydrogen) atoms. The maximum atomic E-state index is 13.5. The molecule has 2 rings (SSSR count). The first kappa shape index (κ1) is 18.1. The van der Waals surface area contributed by atoms with Crippen molar-refractivity contribution in [1.29, 1.82) is 0 Å². The zero-order chi connectivity index (χ0) is 18.4. The standard InChI is InChI=1S/C18H15F2NO4/c1-24-11-6-8-16(13(10-11)18(23)25-2)21-17(22)9-7-12-14(19)4-3-5-15(12)20/h3-10H,1-2H3,(H,21,22)/b9-7+. The lowest BCUT2D eigenvalue weighted by atomic mass is 10.1. The number of benzene rings is 2. The zero-order valence-electron chi connectivity index (χ0n) is 13.5. The van der Waals surface area contributed by atoms with E-state index in [1.54, 1.807) is 6.07 Å². The van der Waals surface area contributed by atoms with E-state index in [0.29, 0.717) is 5.75 Å². The zero-order valence-corrected chi connectivity index (χ0v) is 13.5. The molecule has 1 amide bonds. The molecular formula is C18H15F2NO4. The summed E-state index contributed by atoms with van der Waals surface area (Å²) in [6.45, 7) is 0. The van der Waals surface area contributed by atoms with E-state index in [2.05, 4.69) is 10.1 Å². The van der Waals surface area contributed by atoms with Gasteiger partial charge in [-0.3, -0.25) is 4.79 Å². The van der Waals surface area contributed by atoms with Gasteiger partial charge >= 0.3 is 5.97 Å². The highest BCUT2D eigenvalue weighted by atomic mass is 19.1. The van der Waals surface area contributed by atoms with Crippen molar-refractivity contribution in [3.63, 3.8) is 0 Å². The Morgan fingerprint density at radius 1 is 1.08 bits per heavy atom. The Bertz CT molecular complexity index is 814. The smallest absolute Gasteiger partial charge is 0.340 e. The second-order valence-corrected chi connectivity index (χ2v) is 4.86. The highest BCUT2D eigenvalue weighted by molar-refractivity contribution is 6.06. The third-order valence-electron chi connectivity index (χ3n) is 3.29. The van der Waals surface area contributed by atoms with Crippen LogP contribution in [0.4, 0.5) is 14.5 Å². The van der Waals surface area contributed by atoms with Crippen LogP contribution >= 0.6 is 0 Å². The third kappa shape index (κ3) is 4.41. The van der Waals surface area contributed by atoms with Crippen LogP contribution in [0.25, 0.3) is 6.08 Å². The first-order valence-corrected chi connectivity index (χ1v) is 7.15. The molecule has 0 atom stereocenters. The molecule has 130 valence electrons. The average Bonchev–Trinajstić information content (AvgIpc) is 2.61. The Labute approximate surface area is 142 Å². The van der Waals surface area contributed by atoms with Gasteiger partial charge in [-0.1, -0.05) is 6.07 Å². The van der Waals surface area contributed by atoms with E-state index in [0.717, 1.165) is 24.3 Å². The summed E-state index contributed by atoms with van der Waals surface area (Å²) in [6, 6.07) is 7.80. The normalized spacial score (nSPS) is 10.6. The average molecular weight is 347 g/mol. The summed E-state index contributed by atoms with van der Waals surface area (Å²) in [7, 11) is 2.63. The van der Waals surface area contributed by atoms with E-state index in [-0.39, 0.29) is 16.8 Å². The molecule has 2 aromatic rings. The van der Waals surface area contributed by atoms with Gasteiger partial charge in [-0.2, -0.15) is 0 Å². The number of anilines is 1. The number of methoxy groups -OCH3 is 2. The lowest BCUT2D eigenvalue weighted by Gasteiger charge is -2.10. The van der Waals surface area contributed by atoms with Gasteiger partial charge < -0.3 is 14.8 Å². The molecule has 0 spiro atoms. The molecule has 1 N–H and O–H groups in total. The van der Waals surface area contributed by atoms with Gasteiger partial charge in [0.1, 0.15) is 17.4 Å². The van der Waals surface area contributed by atoms with E-state index in [4.69, 9.17) is 4.74 Å². The number of halogens is 2. The summed E-state index contributed by atoms with van der Waals surface area (Å²) in [5.41, 5.74) is -0.0717. The minimum atomic E-state index is -0.788. The Morgan fingerprint density at radius 3 is 2.36 bits per heavy atom. The van der Waals surface area contributed by atoms with Crippen molar-refractivity contribution in [3.05, 3.63) is 65.2 Å². The fourth-order valence-electron chi connectivity index (χ4n) is 2.04. The van der Waals surface area contributed by atoms with Crippen LogP contribution in [0.5, 0.6) is 5.75 Å². The van der Waals surface area contributed by atoms with E-state index in [1.807, 2.05) is 0 Å². The van der Waals surface area contributed by atoms with Gasteiger partial charge in [0.15, 0.2) is 0 Å². The van der Waals surface area contributed by atoms with E-state index in [1.165, 1.54) is 32.4 Å². The van der Waals surface area contributed by atoms with Crippen molar-refractivity contribution in [2.45, 2.75) is 0 Å². The van der Waals surface area contributed by atoms with Crippen LogP contribution in [-0.2, 0) is 9.53 Å². The maximum Gasteiger partial charge on any atom is 0.340 e. The first-order valence-electron chi connectivity index (χ1n) is 7.15. The number of esters is 1. The topological polar surface area (TPSA) is 64.6 Å². The van der Waals surface area contributed by atoms with Crippen LogP contribution in [0.1, 0.15) is 15.9 Å². The van der Waals surface area contributed by atoms with Crippen molar-refractivity contribution in [2.24, 2.45) is 0 Å². The SMILES string of the molecule is COC(=O)c1cc(OC)ccc1NC(=O)/C=C/c1c(F)cccc1F.